The fraction of sp³-hybridized carbons (Fsp3) is 1.00. The van der Waals surface area contributed by atoms with Gasteiger partial charge in [0.2, 0.25) is 0 Å². The zero-order chi connectivity index (χ0) is 10.6. The molecule has 2 rings (SSSR count). The second-order valence-corrected chi connectivity index (χ2v) is 21.4. The quantitative estimate of drug-likeness (QED) is 0.720. The molecule has 82 valence electrons. The zero-order valence-electron chi connectivity index (χ0n) is 10.0. The summed E-state index contributed by atoms with van der Waals surface area (Å²) in [4.78, 5) is 10.4. The molecule has 0 aliphatic heterocycles. The maximum atomic E-state index is 10.4. The van der Waals surface area contributed by atoms with Gasteiger partial charge in [-0.15, -0.1) is 0 Å². The van der Waals surface area contributed by atoms with Gasteiger partial charge in [-0.25, -0.2) is 0 Å². The van der Waals surface area contributed by atoms with Crippen molar-refractivity contribution < 1.29 is 4.80 Å². The van der Waals surface area contributed by atoms with Crippen LogP contribution in [0.5, 0.6) is 0 Å². The van der Waals surface area contributed by atoms with E-state index in [0.29, 0.717) is 0 Å². The fourth-order valence-electron chi connectivity index (χ4n) is 3.58. The molecule has 3 heteroatoms. The van der Waals surface area contributed by atoms with Crippen LogP contribution in [0, 0.1) is 11.8 Å². The van der Waals surface area contributed by atoms with Gasteiger partial charge in [0.15, 0.2) is 7.83 Å². The van der Waals surface area contributed by atoms with E-state index in [1.807, 2.05) is 0 Å². The van der Waals surface area contributed by atoms with E-state index in [1.54, 1.807) is 0 Å². The molecule has 0 heterocycles. The third-order valence-electron chi connectivity index (χ3n) is 5.24. The molecule has 0 aromatic carbocycles. The molecule has 2 fully saturated rings. The Bertz CT molecular complexity index is 232. The van der Waals surface area contributed by atoms with Crippen molar-refractivity contribution in [3.05, 3.63) is 0 Å². The summed E-state index contributed by atoms with van der Waals surface area (Å²) in [6.45, 7) is 9.24. The van der Waals surface area contributed by atoms with Crippen molar-refractivity contribution in [2.75, 3.05) is 0 Å². The molecule has 0 amide bonds. The van der Waals surface area contributed by atoms with Crippen LogP contribution in [0.2, 0.25) is 31.7 Å². The predicted octanol–water partition coefficient (Wildman–Crippen LogP) is 3.16. The first-order valence-corrected chi connectivity index (χ1v) is 13.1. The van der Waals surface area contributed by atoms with Crippen LogP contribution in [0.3, 0.4) is 0 Å². The molecule has 2 aliphatic rings. The normalized spacial score (nSPS) is 37.9. The summed E-state index contributed by atoms with van der Waals surface area (Å²) in [6.07, 6.45) is 5.90. The third-order valence-corrected chi connectivity index (χ3v) is 21.5. The Labute approximate surface area is 89.8 Å². The Morgan fingerprint density at radius 1 is 1.00 bits per heavy atom. The number of fused-ring (bicyclic) bond motifs is 2. The third kappa shape index (κ3) is 1.53. The van der Waals surface area contributed by atoms with Crippen molar-refractivity contribution in [2.24, 2.45) is 11.8 Å². The smallest absolute Gasteiger partial charge is 0.169 e. The highest BCUT2D eigenvalue weighted by atomic mass is 29.3. The molecule has 1 N–H and O–H groups in total. The van der Waals surface area contributed by atoms with Gasteiger partial charge in [0.1, 0.15) is 0 Å². The highest BCUT2D eigenvalue weighted by Crippen LogP contribution is 2.56. The molecule has 2 bridgehead atoms. The number of rotatable bonds is 2. The second kappa shape index (κ2) is 3.19. The predicted molar refractivity (Wildman–Crippen MR) is 66.4 cm³/mol. The number of hydrogen-bond donors (Lipinski definition) is 1. The highest BCUT2D eigenvalue weighted by molar-refractivity contribution is 7.38. The lowest BCUT2D eigenvalue weighted by molar-refractivity contribution is 0.467. The Morgan fingerprint density at radius 3 is 2.00 bits per heavy atom. The fourth-order valence-corrected chi connectivity index (χ4v) is 10.7. The van der Waals surface area contributed by atoms with Crippen LogP contribution < -0.4 is 0 Å². The van der Waals surface area contributed by atoms with Crippen molar-refractivity contribution >= 4 is 15.4 Å². The van der Waals surface area contributed by atoms with Crippen molar-refractivity contribution in [1.29, 1.82) is 0 Å². The molecule has 1 nitrogen and oxygen atoms in total. The first kappa shape index (κ1) is 10.9. The maximum Gasteiger partial charge on any atom is 0.169 e. The molecule has 2 aliphatic carbocycles. The molecule has 0 saturated heterocycles. The van der Waals surface area contributed by atoms with Crippen LogP contribution in [0.25, 0.3) is 0 Å². The minimum Gasteiger partial charge on any atom is -0.435 e. The van der Waals surface area contributed by atoms with Crippen LogP contribution in [0.15, 0.2) is 0 Å². The van der Waals surface area contributed by atoms with Gasteiger partial charge in [0, 0.05) is 0 Å². The van der Waals surface area contributed by atoms with Gasteiger partial charge in [-0.1, -0.05) is 25.9 Å². The van der Waals surface area contributed by atoms with Crippen molar-refractivity contribution in [1.82, 2.24) is 0 Å². The van der Waals surface area contributed by atoms with Gasteiger partial charge < -0.3 is 4.80 Å². The maximum absolute atomic E-state index is 10.4. The SMILES string of the molecule is C[Si](C)(O)[Si](C)(C)C1CC2CCC1C2. The van der Waals surface area contributed by atoms with Crippen LogP contribution in [-0.2, 0) is 0 Å². The molecule has 3 unspecified atom stereocenters. The summed E-state index contributed by atoms with van der Waals surface area (Å²) in [5.74, 6) is 2.04. The Hall–Kier alpha value is 0.394. The lowest BCUT2D eigenvalue weighted by Crippen LogP contribution is -2.59. The second-order valence-electron chi connectivity index (χ2n) is 6.56. The minimum absolute atomic E-state index is 0.952. The molecular weight excluding hydrogens is 204 g/mol. The minimum atomic E-state index is -1.85. The topological polar surface area (TPSA) is 20.2 Å². The molecule has 0 aromatic rings. The van der Waals surface area contributed by atoms with E-state index in [-0.39, 0.29) is 0 Å². The summed E-state index contributed by atoms with van der Waals surface area (Å²) >= 11 is 0. The molecule has 2 saturated carbocycles. The average molecular weight is 228 g/mol. The van der Waals surface area contributed by atoms with Gasteiger partial charge in [0.05, 0.1) is 7.59 Å². The lowest BCUT2D eigenvalue weighted by atomic mass is 10.0. The van der Waals surface area contributed by atoms with Gasteiger partial charge in [0.25, 0.3) is 0 Å². The van der Waals surface area contributed by atoms with Crippen molar-refractivity contribution in [3.63, 3.8) is 0 Å². The standard InChI is InChI=1S/C11H24OSi2/c1-13(2,14(3,4)12)11-8-9-5-6-10(11)7-9/h9-12H,5-8H2,1-4H3. The van der Waals surface area contributed by atoms with Gasteiger partial charge in [-0.3, -0.25) is 0 Å². The Morgan fingerprint density at radius 2 is 1.64 bits per heavy atom. The summed E-state index contributed by atoms with van der Waals surface area (Å²) in [7, 11) is -3.18. The largest absolute Gasteiger partial charge is 0.435 e. The van der Waals surface area contributed by atoms with E-state index >= 15 is 0 Å². The van der Waals surface area contributed by atoms with E-state index < -0.39 is 15.4 Å². The van der Waals surface area contributed by atoms with E-state index in [9.17, 15) is 4.80 Å². The molecule has 3 atom stereocenters. The monoisotopic (exact) mass is 228 g/mol. The van der Waals surface area contributed by atoms with Gasteiger partial charge in [-0.05, 0) is 43.3 Å². The van der Waals surface area contributed by atoms with Crippen LogP contribution >= 0.6 is 0 Å². The summed E-state index contributed by atoms with van der Waals surface area (Å²) < 4.78 is 0. The Balaban J connectivity index is 2.16. The summed E-state index contributed by atoms with van der Waals surface area (Å²) in [6, 6.07) is 0. The summed E-state index contributed by atoms with van der Waals surface area (Å²) in [5.41, 5.74) is 0.952. The zero-order valence-corrected chi connectivity index (χ0v) is 12.0. The highest BCUT2D eigenvalue weighted by Gasteiger charge is 2.53. The van der Waals surface area contributed by atoms with Gasteiger partial charge in [-0.2, -0.15) is 0 Å². The molecular formula is C11H24OSi2. The molecule has 14 heavy (non-hydrogen) atoms. The van der Waals surface area contributed by atoms with Crippen LogP contribution in [0.4, 0.5) is 0 Å². The summed E-state index contributed by atoms with van der Waals surface area (Å²) in [5, 5.41) is 0. The van der Waals surface area contributed by atoms with E-state index in [4.69, 9.17) is 0 Å². The lowest BCUT2D eigenvalue weighted by Gasteiger charge is -2.42. The first-order chi connectivity index (χ1) is 6.32. The van der Waals surface area contributed by atoms with E-state index in [1.165, 1.54) is 25.7 Å². The van der Waals surface area contributed by atoms with Crippen LogP contribution in [0.1, 0.15) is 25.7 Å². The van der Waals surface area contributed by atoms with E-state index in [0.717, 1.165) is 17.4 Å². The Kier molecular flexibility index (Phi) is 2.48. The molecule has 0 spiro atoms. The van der Waals surface area contributed by atoms with Gasteiger partial charge >= 0.3 is 0 Å². The van der Waals surface area contributed by atoms with Crippen LogP contribution in [-0.4, -0.2) is 20.2 Å². The van der Waals surface area contributed by atoms with E-state index in [2.05, 4.69) is 26.2 Å². The molecule has 0 aromatic heterocycles. The molecule has 0 radical (unpaired) electrons. The average Bonchev–Trinajstić information content (AvgIpc) is 2.61. The number of hydrogen-bond acceptors (Lipinski definition) is 1. The first-order valence-electron chi connectivity index (χ1n) is 6.05. The van der Waals surface area contributed by atoms with Crippen molar-refractivity contribution in [2.45, 2.75) is 57.4 Å². The van der Waals surface area contributed by atoms with Crippen molar-refractivity contribution in [3.8, 4) is 0 Å².